The molecule has 0 unspecified atom stereocenters. The molecule has 0 radical (unpaired) electrons. The minimum atomic E-state index is -3.92. The second kappa shape index (κ2) is 2.68. The van der Waals surface area contributed by atoms with Crippen molar-refractivity contribution in [3.63, 3.8) is 0 Å². The van der Waals surface area contributed by atoms with E-state index in [2.05, 4.69) is 5.32 Å². The Morgan fingerprint density at radius 1 is 1.29 bits per heavy atom. The molecule has 1 heterocycles. The maximum Gasteiger partial charge on any atom is 0.333 e. The SMILES string of the molecule is O=C1Nc2c(F)cccc2S(=O)(=O)N1. The highest BCUT2D eigenvalue weighted by Gasteiger charge is 2.29. The molecule has 2 N–H and O–H groups in total. The van der Waals surface area contributed by atoms with Crippen LogP contribution in [0.4, 0.5) is 14.9 Å². The summed E-state index contributed by atoms with van der Waals surface area (Å²) in [6.07, 6.45) is 0. The average Bonchev–Trinajstić information content (AvgIpc) is 2.05. The fourth-order valence-corrected chi connectivity index (χ4v) is 2.25. The van der Waals surface area contributed by atoms with Crippen molar-refractivity contribution in [2.45, 2.75) is 4.90 Å². The van der Waals surface area contributed by atoms with Crippen LogP contribution in [-0.2, 0) is 10.0 Å². The molecule has 1 aromatic carbocycles. The van der Waals surface area contributed by atoms with Gasteiger partial charge in [-0.2, -0.15) is 0 Å². The first-order valence-electron chi connectivity index (χ1n) is 3.63. The van der Waals surface area contributed by atoms with Crippen LogP contribution in [0.25, 0.3) is 0 Å². The van der Waals surface area contributed by atoms with Crippen LogP contribution in [0.15, 0.2) is 23.1 Å². The Morgan fingerprint density at radius 2 is 2.00 bits per heavy atom. The zero-order valence-electron chi connectivity index (χ0n) is 6.74. The Balaban J connectivity index is 2.76. The third-order valence-corrected chi connectivity index (χ3v) is 3.10. The van der Waals surface area contributed by atoms with Crippen molar-refractivity contribution in [3.05, 3.63) is 24.0 Å². The number of hydrogen-bond acceptors (Lipinski definition) is 3. The second-order valence-corrected chi connectivity index (χ2v) is 4.32. The van der Waals surface area contributed by atoms with E-state index in [0.717, 1.165) is 6.07 Å². The van der Waals surface area contributed by atoms with Crippen molar-refractivity contribution >= 4 is 21.7 Å². The number of sulfonamides is 1. The number of halogens is 1. The topological polar surface area (TPSA) is 75.3 Å². The number of urea groups is 1. The summed E-state index contributed by atoms with van der Waals surface area (Å²) < 4.78 is 37.4. The molecule has 0 bridgehead atoms. The molecular formula is C7H5FN2O3S. The normalized spacial score (nSPS) is 17.9. The molecule has 0 saturated heterocycles. The molecule has 74 valence electrons. The molecule has 0 fully saturated rings. The van der Waals surface area contributed by atoms with Crippen LogP contribution in [0.1, 0.15) is 0 Å². The summed E-state index contributed by atoms with van der Waals surface area (Å²) in [5.41, 5.74) is -0.309. The van der Waals surface area contributed by atoms with Crippen molar-refractivity contribution in [2.75, 3.05) is 5.32 Å². The molecular weight excluding hydrogens is 211 g/mol. The molecule has 1 aromatic rings. The van der Waals surface area contributed by atoms with Crippen LogP contribution in [0.2, 0.25) is 0 Å². The third kappa shape index (κ3) is 1.22. The van der Waals surface area contributed by atoms with E-state index >= 15 is 0 Å². The predicted molar refractivity (Wildman–Crippen MR) is 45.7 cm³/mol. The van der Waals surface area contributed by atoms with Gasteiger partial charge in [0.25, 0.3) is 10.0 Å². The number of para-hydroxylation sites is 1. The lowest BCUT2D eigenvalue weighted by atomic mass is 10.3. The van der Waals surface area contributed by atoms with E-state index in [4.69, 9.17) is 0 Å². The number of hydrogen-bond donors (Lipinski definition) is 2. The number of carbonyl (C=O) groups excluding carboxylic acids is 1. The van der Waals surface area contributed by atoms with Crippen LogP contribution in [-0.4, -0.2) is 14.4 Å². The fourth-order valence-electron chi connectivity index (χ4n) is 1.17. The van der Waals surface area contributed by atoms with Crippen LogP contribution in [0.5, 0.6) is 0 Å². The highest BCUT2D eigenvalue weighted by Crippen LogP contribution is 2.26. The quantitative estimate of drug-likeness (QED) is 0.668. The zero-order valence-corrected chi connectivity index (χ0v) is 7.56. The van der Waals surface area contributed by atoms with Crippen LogP contribution in [0.3, 0.4) is 0 Å². The highest BCUT2D eigenvalue weighted by atomic mass is 32.2. The van der Waals surface area contributed by atoms with E-state index in [1.165, 1.54) is 12.1 Å². The van der Waals surface area contributed by atoms with Crippen molar-refractivity contribution in [1.82, 2.24) is 4.72 Å². The predicted octanol–water partition coefficient (Wildman–Crippen LogP) is 0.650. The molecule has 2 amide bonds. The Bertz CT molecular complexity index is 512. The third-order valence-electron chi connectivity index (χ3n) is 1.73. The smallest absolute Gasteiger partial charge is 0.303 e. The van der Waals surface area contributed by atoms with Gasteiger partial charge in [-0.05, 0) is 12.1 Å². The maximum atomic E-state index is 13.1. The van der Waals surface area contributed by atoms with Crippen molar-refractivity contribution < 1.29 is 17.6 Å². The Labute approximate surface area is 79.0 Å². The number of anilines is 1. The lowest BCUT2D eigenvalue weighted by Gasteiger charge is -2.18. The van der Waals surface area contributed by atoms with Gasteiger partial charge in [0.05, 0.1) is 5.69 Å². The molecule has 0 saturated carbocycles. The molecule has 0 atom stereocenters. The molecule has 0 aromatic heterocycles. The minimum absolute atomic E-state index is 0.267. The van der Waals surface area contributed by atoms with Crippen LogP contribution < -0.4 is 10.0 Å². The first-order chi connectivity index (χ1) is 6.50. The zero-order chi connectivity index (χ0) is 10.3. The van der Waals surface area contributed by atoms with Gasteiger partial charge in [-0.1, -0.05) is 6.07 Å². The monoisotopic (exact) mass is 216 g/mol. The van der Waals surface area contributed by atoms with Gasteiger partial charge >= 0.3 is 6.03 Å². The summed E-state index contributed by atoms with van der Waals surface area (Å²) in [7, 11) is -3.92. The van der Waals surface area contributed by atoms with E-state index in [0.29, 0.717) is 0 Å². The number of fused-ring (bicyclic) bond motifs is 1. The van der Waals surface area contributed by atoms with E-state index in [1.54, 1.807) is 4.72 Å². The maximum absolute atomic E-state index is 13.1. The van der Waals surface area contributed by atoms with E-state index in [9.17, 15) is 17.6 Å². The molecule has 0 spiro atoms. The van der Waals surface area contributed by atoms with Crippen molar-refractivity contribution in [2.24, 2.45) is 0 Å². The van der Waals surface area contributed by atoms with E-state index < -0.39 is 21.9 Å². The Kier molecular flexibility index (Phi) is 1.71. The molecule has 1 aliphatic heterocycles. The standard InChI is InChI=1S/C7H5FN2O3S/c8-4-2-1-3-5-6(4)9-7(11)10-14(5,12)13/h1-3H,(H2,9,10,11). The summed E-state index contributed by atoms with van der Waals surface area (Å²) in [5, 5.41) is 2.08. The summed E-state index contributed by atoms with van der Waals surface area (Å²) in [6, 6.07) is 2.58. The number of rotatable bonds is 0. The van der Waals surface area contributed by atoms with Gasteiger partial charge in [-0.3, -0.25) is 0 Å². The van der Waals surface area contributed by atoms with E-state index in [1.807, 2.05) is 0 Å². The number of benzene rings is 1. The molecule has 7 heteroatoms. The molecule has 1 aliphatic rings. The summed E-state index contributed by atoms with van der Waals surface area (Å²) in [4.78, 5) is 10.6. The number of amides is 2. The van der Waals surface area contributed by atoms with Gasteiger partial charge in [-0.25, -0.2) is 22.3 Å². The van der Waals surface area contributed by atoms with Crippen LogP contribution >= 0.6 is 0 Å². The highest BCUT2D eigenvalue weighted by molar-refractivity contribution is 7.90. The van der Waals surface area contributed by atoms with Gasteiger partial charge in [0.1, 0.15) is 10.7 Å². The molecule has 5 nitrogen and oxygen atoms in total. The Hall–Kier alpha value is -1.63. The Morgan fingerprint density at radius 3 is 2.71 bits per heavy atom. The summed E-state index contributed by atoms with van der Waals surface area (Å²) in [5.74, 6) is -0.777. The van der Waals surface area contributed by atoms with Gasteiger partial charge in [0.15, 0.2) is 0 Å². The molecule has 2 rings (SSSR count). The first kappa shape index (κ1) is 8.95. The van der Waals surface area contributed by atoms with Crippen LogP contribution in [0, 0.1) is 5.82 Å². The van der Waals surface area contributed by atoms with Crippen molar-refractivity contribution in [3.8, 4) is 0 Å². The van der Waals surface area contributed by atoms with E-state index in [-0.39, 0.29) is 10.6 Å². The largest absolute Gasteiger partial charge is 0.333 e. The van der Waals surface area contributed by atoms with Crippen molar-refractivity contribution in [1.29, 1.82) is 0 Å². The number of nitrogens with one attached hydrogen (secondary N) is 2. The fraction of sp³-hybridized carbons (Fsp3) is 0. The molecule has 0 aliphatic carbocycles. The second-order valence-electron chi connectivity index (χ2n) is 2.67. The number of carbonyl (C=O) groups is 1. The minimum Gasteiger partial charge on any atom is -0.303 e. The van der Waals surface area contributed by atoms with Gasteiger partial charge < -0.3 is 5.32 Å². The summed E-state index contributed by atoms with van der Waals surface area (Å²) in [6.45, 7) is 0. The first-order valence-corrected chi connectivity index (χ1v) is 5.11. The van der Waals surface area contributed by atoms with Gasteiger partial charge in [0, 0.05) is 0 Å². The molecule has 14 heavy (non-hydrogen) atoms. The lowest BCUT2D eigenvalue weighted by Crippen LogP contribution is -2.39. The lowest BCUT2D eigenvalue weighted by molar-refractivity contribution is 0.256. The van der Waals surface area contributed by atoms with Gasteiger partial charge in [0.2, 0.25) is 0 Å². The average molecular weight is 216 g/mol. The van der Waals surface area contributed by atoms with Gasteiger partial charge in [-0.15, -0.1) is 0 Å². The summed E-state index contributed by atoms with van der Waals surface area (Å²) >= 11 is 0.